The van der Waals surface area contributed by atoms with Crippen molar-refractivity contribution in [1.29, 1.82) is 0 Å². The van der Waals surface area contributed by atoms with Gasteiger partial charge in [-0.3, -0.25) is 22.9 Å². The highest BCUT2D eigenvalue weighted by Crippen LogP contribution is 2.24. The highest BCUT2D eigenvalue weighted by Gasteiger charge is 2.21. The number of nitrogen functional groups attached to an aromatic ring is 1. The van der Waals surface area contributed by atoms with Crippen LogP contribution in [0, 0.1) is 13.8 Å². The number of anilines is 1. The zero-order valence-corrected chi connectivity index (χ0v) is 17.5. The summed E-state index contributed by atoms with van der Waals surface area (Å²) in [4.78, 5) is 31.1. The van der Waals surface area contributed by atoms with Gasteiger partial charge in [-0.25, -0.2) is 4.79 Å². The van der Waals surface area contributed by atoms with Crippen molar-refractivity contribution in [2.45, 2.75) is 20.4 Å². The summed E-state index contributed by atoms with van der Waals surface area (Å²) in [6.07, 6.45) is 1.85. The van der Waals surface area contributed by atoms with E-state index in [1.807, 2.05) is 73.1 Å². The molecule has 0 aliphatic rings. The molecule has 0 aliphatic heterocycles. The van der Waals surface area contributed by atoms with Gasteiger partial charge in [-0.2, -0.15) is 4.98 Å². The molecule has 0 aliphatic carbocycles. The predicted octanol–water partition coefficient (Wildman–Crippen LogP) is 2.39. The third kappa shape index (κ3) is 2.79. The Bertz CT molecular complexity index is 1600. The van der Waals surface area contributed by atoms with E-state index in [0.717, 1.165) is 22.5 Å². The van der Waals surface area contributed by atoms with E-state index in [-0.39, 0.29) is 12.1 Å². The first-order valence-corrected chi connectivity index (χ1v) is 9.97. The second kappa shape index (κ2) is 6.73. The lowest BCUT2D eigenvalue weighted by atomic mass is 10.1. The molecule has 2 N–H and O–H groups in total. The monoisotopic (exact) mass is 414 g/mol. The molecule has 2 aromatic carbocycles. The molecule has 156 valence electrons. The minimum absolute atomic E-state index is 0.196. The van der Waals surface area contributed by atoms with Crippen LogP contribution in [-0.4, -0.2) is 23.1 Å². The first kappa shape index (κ1) is 18.9. The highest BCUT2D eigenvalue weighted by molar-refractivity contribution is 5.77. The van der Waals surface area contributed by atoms with Crippen molar-refractivity contribution < 1.29 is 0 Å². The summed E-state index contributed by atoms with van der Waals surface area (Å²) in [6.45, 7) is 4.11. The van der Waals surface area contributed by atoms with Crippen molar-refractivity contribution in [2.75, 3.05) is 5.73 Å². The molecule has 0 fully saturated rings. The van der Waals surface area contributed by atoms with Gasteiger partial charge in [-0.15, -0.1) is 0 Å². The molecule has 5 rings (SSSR count). The molecule has 0 amide bonds. The summed E-state index contributed by atoms with van der Waals surface area (Å²) in [5, 5.41) is 0. The molecule has 0 bridgehead atoms. The van der Waals surface area contributed by atoms with Crippen molar-refractivity contribution >= 4 is 22.6 Å². The van der Waals surface area contributed by atoms with Gasteiger partial charge in [-0.1, -0.05) is 42.0 Å². The number of benzene rings is 2. The standard InChI is InChI=1S/C23H22N6O2/c1-14-7-6-8-16(11-14)13-28-21(30)19-20(26(3)23(28)31)25-22-27(19)12-15(2)29(22)18-10-5-4-9-17(18)24/h4-12H,13,24H2,1-3H3. The molecule has 0 radical (unpaired) electrons. The number of imidazole rings is 2. The van der Waals surface area contributed by atoms with Gasteiger partial charge in [0.25, 0.3) is 5.56 Å². The van der Waals surface area contributed by atoms with Gasteiger partial charge in [0, 0.05) is 18.9 Å². The molecule has 0 saturated heterocycles. The number of nitrogens with zero attached hydrogens (tertiary/aromatic N) is 5. The third-order valence-electron chi connectivity index (χ3n) is 5.63. The number of hydrogen-bond donors (Lipinski definition) is 1. The first-order chi connectivity index (χ1) is 14.9. The molecular formula is C23H22N6O2. The smallest absolute Gasteiger partial charge is 0.332 e. The van der Waals surface area contributed by atoms with Crippen LogP contribution < -0.4 is 17.0 Å². The van der Waals surface area contributed by atoms with Gasteiger partial charge < -0.3 is 5.73 Å². The normalized spacial score (nSPS) is 11.6. The fourth-order valence-corrected chi connectivity index (χ4v) is 4.13. The van der Waals surface area contributed by atoms with Crippen LogP contribution in [0.15, 0.2) is 64.3 Å². The molecule has 31 heavy (non-hydrogen) atoms. The number of rotatable bonds is 3. The molecule has 0 spiro atoms. The Morgan fingerprint density at radius 2 is 1.81 bits per heavy atom. The second-order valence-corrected chi connectivity index (χ2v) is 7.84. The summed E-state index contributed by atoms with van der Waals surface area (Å²) in [6, 6.07) is 15.3. The van der Waals surface area contributed by atoms with Gasteiger partial charge in [0.05, 0.1) is 17.9 Å². The summed E-state index contributed by atoms with van der Waals surface area (Å²) >= 11 is 0. The van der Waals surface area contributed by atoms with E-state index in [9.17, 15) is 9.59 Å². The molecule has 0 unspecified atom stereocenters. The van der Waals surface area contributed by atoms with Gasteiger partial charge in [-0.05, 0) is 31.5 Å². The fourth-order valence-electron chi connectivity index (χ4n) is 4.13. The number of para-hydroxylation sites is 2. The van der Waals surface area contributed by atoms with E-state index in [1.165, 1.54) is 9.13 Å². The van der Waals surface area contributed by atoms with Crippen molar-refractivity contribution in [3.8, 4) is 5.69 Å². The number of nitrogens with two attached hydrogens (primary N) is 1. The van der Waals surface area contributed by atoms with Crippen LogP contribution in [0.25, 0.3) is 22.6 Å². The Morgan fingerprint density at radius 3 is 2.55 bits per heavy atom. The summed E-state index contributed by atoms with van der Waals surface area (Å²) in [5.74, 6) is 0.533. The van der Waals surface area contributed by atoms with E-state index in [4.69, 9.17) is 5.73 Å². The second-order valence-electron chi connectivity index (χ2n) is 7.84. The van der Waals surface area contributed by atoms with E-state index < -0.39 is 5.69 Å². The van der Waals surface area contributed by atoms with Gasteiger partial charge >= 0.3 is 5.69 Å². The van der Waals surface area contributed by atoms with Crippen molar-refractivity contribution in [3.63, 3.8) is 0 Å². The Morgan fingerprint density at radius 1 is 1.03 bits per heavy atom. The van der Waals surface area contributed by atoms with E-state index in [0.29, 0.717) is 22.6 Å². The quantitative estimate of drug-likeness (QED) is 0.459. The minimum Gasteiger partial charge on any atom is -0.397 e. The molecule has 8 heteroatoms. The Balaban J connectivity index is 1.81. The van der Waals surface area contributed by atoms with Gasteiger partial charge in [0.1, 0.15) is 0 Å². The van der Waals surface area contributed by atoms with Crippen LogP contribution in [0.3, 0.4) is 0 Å². The Labute approximate surface area is 177 Å². The molecule has 3 heterocycles. The summed E-state index contributed by atoms with van der Waals surface area (Å²) < 4.78 is 6.32. The van der Waals surface area contributed by atoms with Crippen molar-refractivity contribution in [2.24, 2.45) is 7.05 Å². The zero-order chi connectivity index (χ0) is 21.9. The molecule has 0 saturated carbocycles. The maximum absolute atomic E-state index is 13.4. The maximum atomic E-state index is 13.4. The van der Waals surface area contributed by atoms with Crippen LogP contribution in [0.5, 0.6) is 0 Å². The van der Waals surface area contributed by atoms with Gasteiger partial charge in [0.15, 0.2) is 11.2 Å². The van der Waals surface area contributed by atoms with Crippen LogP contribution in [0.4, 0.5) is 5.69 Å². The van der Waals surface area contributed by atoms with Crippen LogP contribution in [0.2, 0.25) is 0 Å². The highest BCUT2D eigenvalue weighted by atomic mass is 16.2. The molecule has 3 aromatic heterocycles. The lowest BCUT2D eigenvalue weighted by molar-refractivity contribution is 0.656. The Hall–Kier alpha value is -4.07. The fraction of sp³-hybridized carbons (Fsp3) is 0.174. The average molecular weight is 414 g/mol. The van der Waals surface area contributed by atoms with Crippen LogP contribution in [-0.2, 0) is 13.6 Å². The average Bonchev–Trinajstić information content (AvgIpc) is 3.25. The molecule has 8 nitrogen and oxygen atoms in total. The summed E-state index contributed by atoms with van der Waals surface area (Å²) in [5.41, 5.74) is 10.3. The SMILES string of the molecule is Cc1cccc(Cn2c(=O)c3c(nc4n(-c5ccccc5N)c(C)cn34)n(C)c2=O)c1. The van der Waals surface area contributed by atoms with Crippen molar-refractivity contribution in [3.05, 3.63) is 92.4 Å². The number of aryl methyl sites for hydroxylation is 3. The van der Waals surface area contributed by atoms with Crippen LogP contribution in [0.1, 0.15) is 16.8 Å². The number of aromatic nitrogens is 5. The van der Waals surface area contributed by atoms with Gasteiger partial charge in [0.2, 0.25) is 5.78 Å². The van der Waals surface area contributed by atoms with Crippen LogP contribution >= 0.6 is 0 Å². The lowest BCUT2D eigenvalue weighted by Gasteiger charge is -2.09. The molecule has 0 atom stereocenters. The third-order valence-corrected chi connectivity index (χ3v) is 5.63. The predicted molar refractivity (Wildman–Crippen MR) is 121 cm³/mol. The van der Waals surface area contributed by atoms with E-state index >= 15 is 0 Å². The first-order valence-electron chi connectivity index (χ1n) is 9.97. The lowest BCUT2D eigenvalue weighted by Crippen LogP contribution is -2.39. The number of hydrogen-bond acceptors (Lipinski definition) is 4. The largest absolute Gasteiger partial charge is 0.397 e. The van der Waals surface area contributed by atoms with E-state index in [2.05, 4.69) is 4.98 Å². The zero-order valence-electron chi connectivity index (χ0n) is 17.5. The summed E-state index contributed by atoms with van der Waals surface area (Å²) in [7, 11) is 1.64. The topological polar surface area (TPSA) is 92.2 Å². The van der Waals surface area contributed by atoms with Crippen molar-refractivity contribution in [1.82, 2.24) is 23.1 Å². The minimum atomic E-state index is -0.401. The molecular weight excluding hydrogens is 392 g/mol. The number of fused-ring (bicyclic) bond motifs is 3. The maximum Gasteiger partial charge on any atom is 0.332 e. The molecule has 5 aromatic rings. The van der Waals surface area contributed by atoms with E-state index in [1.54, 1.807) is 11.4 Å². The Kier molecular flexibility index (Phi) is 4.11.